The average molecular weight is 469 g/mol. The van der Waals surface area contributed by atoms with Crippen LogP contribution < -0.4 is 20.1 Å². The number of nitrogens with one attached hydrogen (secondary N) is 2. The van der Waals surface area contributed by atoms with Gasteiger partial charge in [0, 0.05) is 6.07 Å². The van der Waals surface area contributed by atoms with Gasteiger partial charge in [-0.15, -0.1) is 0 Å². The van der Waals surface area contributed by atoms with E-state index < -0.39 is 42.0 Å². The van der Waals surface area contributed by atoms with Crippen LogP contribution in [0.15, 0.2) is 48.5 Å². The number of anilines is 1. The van der Waals surface area contributed by atoms with Gasteiger partial charge in [-0.3, -0.25) is 19.3 Å². The fraction of sp³-hybridized carbons (Fsp3) is 0.333. The number of nitrogens with zero attached hydrogens (tertiary/aromatic N) is 1. The minimum atomic E-state index is -1.26. The molecule has 0 bridgehead atoms. The van der Waals surface area contributed by atoms with Crippen molar-refractivity contribution in [3.63, 3.8) is 0 Å². The molecule has 0 aliphatic carbocycles. The third-order valence-corrected chi connectivity index (χ3v) is 5.60. The van der Waals surface area contributed by atoms with E-state index in [9.17, 15) is 19.2 Å². The van der Waals surface area contributed by atoms with Gasteiger partial charge in [-0.1, -0.05) is 37.3 Å². The molecule has 180 valence electrons. The molecule has 1 fully saturated rings. The van der Waals surface area contributed by atoms with Crippen LogP contribution in [-0.2, 0) is 24.7 Å². The lowest BCUT2D eigenvalue weighted by molar-refractivity contribution is -0.155. The summed E-state index contributed by atoms with van der Waals surface area (Å²) >= 11 is 0. The Morgan fingerprint density at radius 3 is 2.41 bits per heavy atom. The third-order valence-electron chi connectivity index (χ3n) is 5.60. The molecule has 1 heterocycles. The normalized spacial score (nSPS) is 18.2. The Bertz CT molecular complexity index is 1090. The maximum absolute atomic E-state index is 13.1. The topological polar surface area (TPSA) is 123 Å². The lowest BCUT2D eigenvalue weighted by Gasteiger charge is -2.25. The zero-order valence-corrected chi connectivity index (χ0v) is 19.4. The molecule has 0 radical (unpaired) electrons. The molecule has 34 heavy (non-hydrogen) atoms. The summed E-state index contributed by atoms with van der Waals surface area (Å²) in [5.74, 6) is -1.18. The molecule has 2 aromatic rings. The number of benzene rings is 2. The highest BCUT2D eigenvalue weighted by molar-refractivity contribution is 6.09. The molecule has 0 aromatic heterocycles. The van der Waals surface area contributed by atoms with Gasteiger partial charge in [0.25, 0.3) is 11.8 Å². The summed E-state index contributed by atoms with van der Waals surface area (Å²) in [7, 11) is 2.93. The fourth-order valence-electron chi connectivity index (χ4n) is 3.69. The van der Waals surface area contributed by atoms with Crippen molar-refractivity contribution in [1.82, 2.24) is 10.2 Å². The number of carbonyl (C=O) groups excluding carboxylic acids is 4. The highest BCUT2D eigenvalue weighted by atomic mass is 16.5. The van der Waals surface area contributed by atoms with Crippen LogP contribution in [0.1, 0.15) is 25.8 Å². The Balaban J connectivity index is 1.66. The van der Waals surface area contributed by atoms with E-state index in [2.05, 4.69) is 10.6 Å². The second-order valence-electron chi connectivity index (χ2n) is 7.63. The average Bonchev–Trinajstić information content (AvgIpc) is 3.09. The summed E-state index contributed by atoms with van der Waals surface area (Å²) in [4.78, 5) is 51.5. The SMILES string of the molecule is CCC1(c2ccccc2)NC(=O)N(CC(=O)OC(C)C(=O)Nc2cc(OC)ccc2OC)C1=O. The maximum atomic E-state index is 13.1. The van der Waals surface area contributed by atoms with Gasteiger partial charge in [0.05, 0.1) is 19.9 Å². The van der Waals surface area contributed by atoms with Gasteiger partial charge in [-0.25, -0.2) is 4.79 Å². The third kappa shape index (κ3) is 4.80. The number of urea groups is 1. The monoisotopic (exact) mass is 469 g/mol. The number of carbonyl (C=O) groups is 4. The minimum absolute atomic E-state index is 0.300. The van der Waals surface area contributed by atoms with E-state index in [1.807, 2.05) is 0 Å². The summed E-state index contributed by atoms with van der Waals surface area (Å²) in [6.07, 6.45) is -0.900. The van der Waals surface area contributed by atoms with Crippen LogP contribution in [0.4, 0.5) is 10.5 Å². The summed E-state index contributed by atoms with van der Waals surface area (Å²) < 4.78 is 15.5. The molecule has 1 aliphatic rings. The van der Waals surface area contributed by atoms with E-state index in [0.29, 0.717) is 29.2 Å². The van der Waals surface area contributed by atoms with E-state index in [0.717, 1.165) is 4.90 Å². The Morgan fingerprint density at radius 2 is 1.79 bits per heavy atom. The predicted molar refractivity (Wildman–Crippen MR) is 122 cm³/mol. The number of ether oxygens (including phenoxy) is 3. The molecule has 10 nitrogen and oxygen atoms in total. The van der Waals surface area contributed by atoms with Crippen LogP contribution in [0.2, 0.25) is 0 Å². The van der Waals surface area contributed by atoms with Gasteiger partial charge >= 0.3 is 12.0 Å². The molecule has 3 rings (SSSR count). The highest BCUT2D eigenvalue weighted by Crippen LogP contribution is 2.32. The molecule has 4 amide bonds. The Kier molecular flexibility index (Phi) is 7.40. The molecule has 1 aliphatic heterocycles. The summed E-state index contributed by atoms with van der Waals surface area (Å²) in [6.45, 7) is 2.53. The molecule has 2 N–H and O–H groups in total. The zero-order chi connectivity index (χ0) is 24.9. The van der Waals surface area contributed by atoms with Crippen LogP contribution >= 0.6 is 0 Å². The molecule has 2 unspecified atom stereocenters. The maximum Gasteiger partial charge on any atom is 0.327 e. The molecule has 0 spiro atoms. The number of rotatable bonds is 9. The van der Waals surface area contributed by atoms with Crippen molar-refractivity contribution in [1.29, 1.82) is 0 Å². The van der Waals surface area contributed by atoms with Crippen molar-refractivity contribution >= 4 is 29.5 Å². The van der Waals surface area contributed by atoms with Crippen molar-refractivity contribution < 1.29 is 33.4 Å². The lowest BCUT2D eigenvalue weighted by Crippen LogP contribution is -2.44. The first kappa shape index (κ1) is 24.6. The van der Waals surface area contributed by atoms with Gasteiger partial charge in [0.1, 0.15) is 23.6 Å². The molecular weight excluding hydrogens is 442 g/mol. The standard InChI is InChI=1S/C24H27N3O7/c1-5-24(16-9-7-6-8-10-16)22(30)27(23(31)26-24)14-20(28)34-15(2)21(29)25-18-13-17(32-3)11-12-19(18)33-4/h6-13,15H,5,14H2,1-4H3,(H,25,29)(H,26,31). The van der Waals surface area contributed by atoms with E-state index >= 15 is 0 Å². The molecule has 0 saturated carbocycles. The molecule has 1 saturated heterocycles. The van der Waals surface area contributed by atoms with Crippen LogP contribution in [0.5, 0.6) is 11.5 Å². The first-order valence-electron chi connectivity index (χ1n) is 10.7. The van der Waals surface area contributed by atoms with Gasteiger partial charge in [0.15, 0.2) is 6.10 Å². The summed E-state index contributed by atoms with van der Waals surface area (Å²) in [5.41, 5.74) is -0.309. The second-order valence-corrected chi connectivity index (χ2v) is 7.63. The number of amides is 4. The van der Waals surface area contributed by atoms with Crippen LogP contribution in [-0.4, -0.2) is 55.6 Å². The molecule has 2 aromatic carbocycles. The first-order chi connectivity index (χ1) is 16.2. The fourth-order valence-corrected chi connectivity index (χ4v) is 3.69. The Labute approximate surface area is 197 Å². The lowest BCUT2D eigenvalue weighted by atomic mass is 9.87. The number of imide groups is 1. The molecule has 10 heteroatoms. The summed E-state index contributed by atoms with van der Waals surface area (Å²) in [5, 5.41) is 5.31. The molecular formula is C24H27N3O7. The number of methoxy groups -OCH3 is 2. The van der Waals surface area contributed by atoms with Crippen molar-refractivity contribution in [3.05, 3.63) is 54.1 Å². The largest absolute Gasteiger partial charge is 0.497 e. The Morgan fingerprint density at radius 1 is 1.09 bits per heavy atom. The van der Waals surface area contributed by atoms with E-state index in [1.165, 1.54) is 21.1 Å². The first-order valence-corrected chi connectivity index (χ1v) is 10.7. The van der Waals surface area contributed by atoms with Crippen LogP contribution in [0, 0.1) is 0 Å². The minimum Gasteiger partial charge on any atom is -0.497 e. The van der Waals surface area contributed by atoms with Gasteiger partial charge < -0.3 is 24.8 Å². The van der Waals surface area contributed by atoms with E-state index in [-0.39, 0.29) is 0 Å². The van der Waals surface area contributed by atoms with Crippen molar-refractivity contribution in [2.24, 2.45) is 0 Å². The van der Waals surface area contributed by atoms with Crippen molar-refractivity contribution in [3.8, 4) is 11.5 Å². The van der Waals surface area contributed by atoms with Gasteiger partial charge in [-0.05, 0) is 31.0 Å². The molecule has 2 atom stereocenters. The quantitative estimate of drug-likeness (QED) is 0.427. The van der Waals surface area contributed by atoms with Crippen molar-refractivity contribution in [2.75, 3.05) is 26.1 Å². The Hall–Kier alpha value is -4.08. The summed E-state index contributed by atoms with van der Waals surface area (Å²) in [6, 6.07) is 13.0. The zero-order valence-electron chi connectivity index (χ0n) is 19.4. The van der Waals surface area contributed by atoms with E-state index in [4.69, 9.17) is 14.2 Å². The highest BCUT2D eigenvalue weighted by Gasteiger charge is 2.51. The second kappa shape index (κ2) is 10.2. The van der Waals surface area contributed by atoms with Crippen LogP contribution in [0.3, 0.4) is 0 Å². The van der Waals surface area contributed by atoms with Crippen molar-refractivity contribution in [2.45, 2.75) is 31.9 Å². The number of hydrogen-bond donors (Lipinski definition) is 2. The van der Waals surface area contributed by atoms with Gasteiger partial charge in [0.2, 0.25) is 0 Å². The number of hydrogen-bond acceptors (Lipinski definition) is 7. The van der Waals surface area contributed by atoms with E-state index in [1.54, 1.807) is 55.5 Å². The predicted octanol–water partition coefficient (Wildman–Crippen LogP) is 2.43. The van der Waals surface area contributed by atoms with Gasteiger partial charge in [-0.2, -0.15) is 0 Å². The van der Waals surface area contributed by atoms with Crippen LogP contribution in [0.25, 0.3) is 0 Å². The smallest absolute Gasteiger partial charge is 0.327 e. The number of esters is 1.